The van der Waals surface area contributed by atoms with Crippen LogP contribution in [0.4, 0.5) is 22.0 Å². The van der Waals surface area contributed by atoms with Crippen LogP contribution >= 0.6 is 0 Å². The minimum Gasteiger partial charge on any atom is -0.459 e. The van der Waals surface area contributed by atoms with Gasteiger partial charge in [0, 0.05) is 5.57 Å². The molecule has 0 unspecified atom stereocenters. The average molecular weight is 276 g/mol. The molecule has 0 aromatic heterocycles. The van der Waals surface area contributed by atoms with Gasteiger partial charge < -0.3 is 9.47 Å². The summed E-state index contributed by atoms with van der Waals surface area (Å²) in [4.78, 5) is 21.2. The minimum absolute atomic E-state index is 0.00180. The molecule has 0 aliphatic rings. The first-order chi connectivity index (χ1) is 8.00. The van der Waals surface area contributed by atoms with Gasteiger partial charge in [-0.2, -0.15) is 22.0 Å². The van der Waals surface area contributed by atoms with E-state index in [0.29, 0.717) is 0 Å². The Morgan fingerprint density at radius 1 is 1.06 bits per heavy atom. The molecule has 9 heteroatoms. The number of halogens is 5. The summed E-state index contributed by atoms with van der Waals surface area (Å²) >= 11 is 0. The van der Waals surface area contributed by atoms with Crippen molar-refractivity contribution in [2.45, 2.75) is 19.0 Å². The van der Waals surface area contributed by atoms with E-state index in [-0.39, 0.29) is 5.57 Å². The third-order valence-electron chi connectivity index (χ3n) is 1.51. The highest BCUT2D eigenvalue weighted by Gasteiger charge is 2.64. The number of carbonyl (C=O) groups excluding carboxylic acids is 2. The molecular weight excluding hydrogens is 267 g/mol. The number of esters is 2. The highest BCUT2D eigenvalue weighted by molar-refractivity contribution is 5.86. The Morgan fingerprint density at radius 3 is 1.89 bits per heavy atom. The molecule has 4 nitrogen and oxygen atoms in total. The zero-order valence-corrected chi connectivity index (χ0v) is 9.14. The third-order valence-corrected chi connectivity index (χ3v) is 1.51. The second-order valence-corrected chi connectivity index (χ2v) is 3.12. The van der Waals surface area contributed by atoms with Crippen LogP contribution in [0, 0.1) is 0 Å². The lowest BCUT2D eigenvalue weighted by Crippen LogP contribution is -2.45. The summed E-state index contributed by atoms with van der Waals surface area (Å²) in [6, 6.07) is 0. The lowest BCUT2D eigenvalue weighted by molar-refractivity contribution is -0.280. The van der Waals surface area contributed by atoms with Crippen molar-refractivity contribution in [3.63, 3.8) is 0 Å². The number of hydrogen-bond acceptors (Lipinski definition) is 4. The van der Waals surface area contributed by atoms with Gasteiger partial charge >= 0.3 is 24.0 Å². The van der Waals surface area contributed by atoms with E-state index in [9.17, 15) is 31.5 Å². The smallest absolute Gasteiger partial charge is 0.459 e. The number of ether oxygens (including phenoxy) is 2. The largest absolute Gasteiger partial charge is 0.465 e. The van der Waals surface area contributed by atoms with Crippen LogP contribution in [0.1, 0.15) is 6.92 Å². The van der Waals surface area contributed by atoms with Crippen molar-refractivity contribution in [2.24, 2.45) is 0 Å². The number of rotatable bonds is 5. The summed E-state index contributed by atoms with van der Waals surface area (Å²) in [7, 11) is 0. The SMILES string of the molecule is C=C(C)C(=O)OCCOC(=O)C(F)(F)C(F)(F)F. The highest BCUT2D eigenvalue weighted by Crippen LogP contribution is 2.36. The average Bonchev–Trinajstić information content (AvgIpc) is 2.21. The molecule has 18 heavy (non-hydrogen) atoms. The summed E-state index contributed by atoms with van der Waals surface area (Å²) in [6.45, 7) is 2.93. The fraction of sp³-hybridized carbons (Fsp3) is 0.556. The van der Waals surface area contributed by atoms with Crippen LogP contribution in [0.15, 0.2) is 12.2 Å². The van der Waals surface area contributed by atoms with Crippen molar-refractivity contribution < 1.29 is 41.0 Å². The second-order valence-electron chi connectivity index (χ2n) is 3.12. The molecule has 0 aromatic rings. The molecule has 0 N–H and O–H groups in total. The molecule has 0 aliphatic heterocycles. The maximum absolute atomic E-state index is 12.3. The number of hydrogen-bond donors (Lipinski definition) is 0. The van der Waals surface area contributed by atoms with Crippen molar-refractivity contribution in [2.75, 3.05) is 13.2 Å². The zero-order chi connectivity index (χ0) is 14.6. The molecule has 0 aromatic carbocycles. The van der Waals surface area contributed by atoms with Crippen LogP contribution in [0.25, 0.3) is 0 Å². The molecule has 104 valence electrons. The molecule has 0 fully saturated rings. The van der Waals surface area contributed by atoms with Crippen LogP contribution < -0.4 is 0 Å². The summed E-state index contributed by atoms with van der Waals surface area (Å²) < 4.78 is 67.6. The Balaban J connectivity index is 4.14. The quantitative estimate of drug-likeness (QED) is 0.333. The molecule has 0 saturated heterocycles. The van der Waals surface area contributed by atoms with E-state index < -0.39 is 37.3 Å². The Labute approximate surface area is 98.3 Å². The summed E-state index contributed by atoms with van der Waals surface area (Å²) in [6.07, 6.45) is -6.03. The highest BCUT2D eigenvalue weighted by atomic mass is 19.4. The maximum Gasteiger partial charge on any atom is 0.465 e. The van der Waals surface area contributed by atoms with Gasteiger partial charge in [-0.25, -0.2) is 9.59 Å². The maximum atomic E-state index is 12.3. The van der Waals surface area contributed by atoms with E-state index in [1.165, 1.54) is 6.92 Å². The predicted octanol–water partition coefficient (Wildman–Crippen LogP) is 1.85. The van der Waals surface area contributed by atoms with Gasteiger partial charge in [0.15, 0.2) is 0 Å². The van der Waals surface area contributed by atoms with Crippen LogP contribution in [0.2, 0.25) is 0 Å². The molecule has 0 spiro atoms. The van der Waals surface area contributed by atoms with Gasteiger partial charge in [0.1, 0.15) is 13.2 Å². The third kappa shape index (κ3) is 4.30. The molecule has 0 rings (SSSR count). The Morgan fingerprint density at radius 2 is 1.50 bits per heavy atom. The van der Waals surface area contributed by atoms with Gasteiger partial charge in [-0.1, -0.05) is 6.58 Å². The molecule has 0 heterocycles. The summed E-state index contributed by atoms with van der Waals surface area (Å²) in [5.74, 6) is -9.22. The monoisotopic (exact) mass is 276 g/mol. The van der Waals surface area contributed by atoms with Gasteiger partial charge in [0.25, 0.3) is 0 Å². The normalized spacial score (nSPS) is 11.9. The number of alkyl halides is 5. The first kappa shape index (κ1) is 16.3. The fourth-order valence-corrected chi connectivity index (χ4v) is 0.598. The van der Waals surface area contributed by atoms with E-state index in [1.807, 2.05) is 0 Å². The van der Waals surface area contributed by atoms with Crippen molar-refractivity contribution in [1.29, 1.82) is 0 Å². The molecular formula is C9H9F5O4. The topological polar surface area (TPSA) is 52.6 Å². The molecule has 0 amide bonds. The summed E-state index contributed by atoms with van der Waals surface area (Å²) in [5.41, 5.74) is 0.00180. The van der Waals surface area contributed by atoms with Crippen molar-refractivity contribution in [3.8, 4) is 0 Å². The Kier molecular flexibility index (Phi) is 5.25. The lowest BCUT2D eigenvalue weighted by Gasteiger charge is -2.17. The van der Waals surface area contributed by atoms with Gasteiger partial charge in [0.05, 0.1) is 0 Å². The van der Waals surface area contributed by atoms with Crippen LogP contribution in [0.5, 0.6) is 0 Å². The van der Waals surface area contributed by atoms with E-state index in [4.69, 9.17) is 0 Å². The van der Waals surface area contributed by atoms with Gasteiger partial charge in [-0.05, 0) is 6.92 Å². The second kappa shape index (κ2) is 5.78. The van der Waals surface area contributed by atoms with E-state index in [0.717, 1.165) is 0 Å². The molecule has 0 saturated carbocycles. The van der Waals surface area contributed by atoms with Crippen molar-refractivity contribution >= 4 is 11.9 Å². The zero-order valence-electron chi connectivity index (χ0n) is 9.14. The van der Waals surface area contributed by atoms with E-state index >= 15 is 0 Å². The number of carbonyl (C=O) groups is 2. The summed E-state index contributed by atoms with van der Waals surface area (Å²) in [5, 5.41) is 0. The van der Waals surface area contributed by atoms with Crippen LogP contribution in [-0.4, -0.2) is 37.3 Å². The Hall–Kier alpha value is -1.67. The van der Waals surface area contributed by atoms with Crippen LogP contribution in [-0.2, 0) is 19.1 Å². The molecule has 0 bridgehead atoms. The standard InChI is InChI=1S/C9H9F5O4/c1-5(2)6(15)17-3-4-18-7(16)8(10,11)9(12,13)14/h1,3-4H2,2H3. The predicted molar refractivity (Wildman–Crippen MR) is 47.7 cm³/mol. The van der Waals surface area contributed by atoms with Gasteiger partial charge in [0.2, 0.25) is 0 Å². The van der Waals surface area contributed by atoms with Gasteiger partial charge in [-0.3, -0.25) is 0 Å². The lowest BCUT2D eigenvalue weighted by atomic mass is 10.3. The molecule has 0 aliphatic carbocycles. The first-order valence-electron chi connectivity index (χ1n) is 4.44. The fourth-order valence-electron chi connectivity index (χ4n) is 0.598. The van der Waals surface area contributed by atoms with E-state index in [2.05, 4.69) is 16.1 Å². The van der Waals surface area contributed by atoms with Gasteiger partial charge in [-0.15, -0.1) is 0 Å². The minimum atomic E-state index is -6.03. The van der Waals surface area contributed by atoms with Crippen molar-refractivity contribution in [3.05, 3.63) is 12.2 Å². The van der Waals surface area contributed by atoms with Crippen molar-refractivity contribution in [1.82, 2.24) is 0 Å². The Bertz CT molecular complexity index is 347. The molecule has 0 atom stereocenters. The molecule has 0 radical (unpaired) electrons. The first-order valence-corrected chi connectivity index (χ1v) is 4.44. The van der Waals surface area contributed by atoms with E-state index in [1.54, 1.807) is 0 Å². The van der Waals surface area contributed by atoms with Crippen LogP contribution in [0.3, 0.4) is 0 Å².